The second kappa shape index (κ2) is 6.74. The maximum Gasteiger partial charge on any atom is 0.135 e. The third-order valence-corrected chi connectivity index (χ3v) is 4.47. The second-order valence-electron chi connectivity index (χ2n) is 6.29. The van der Waals surface area contributed by atoms with Gasteiger partial charge in [-0.25, -0.2) is 0 Å². The Morgan fingerprint density at radius 2 is 1.69 bits per heavy atom. The summed E-state index contributed by atoms with van der Waals surface area (Å²) in [6.07, 6.45) is 4.16. The van der Waals surface area contributed by atoms with Crippen LogP contribution in [0.3, 0.4) is 0 Å². The summed E-state index contributed by atoms with van der Waals surface area (Å²) in [4.78, 5) is 0. The zero-order valence-corrected chi connectivity index (χ0v) is 14.4. The summed E-state index contributed by atoms with van der Waals surface area (Å²) in [5.74, 6) is 0.879. The van der Waals surface area contributed by atoms with Gasteiger partial charge in [-0.15, -0.1) is 0 Å². The van der Waals surface area contributed by atoms with E-state index < -0.39 is 0 Å². The zero-order chi connectivity index (χ0) is 17.9. The van der Waals surface area contributed by atoms with Gasteiger partial charge in [0.2, 0.25) is 0 Å². The van der Waals surface area contributed by atoms with Crippen LogP contribution in [0.15, 0.2) is 77.2 Å². The lowest BCUT2D eigenvalue weighted by atomic mass is 10.0. The summed E-state index contributed by atoms with van der Waals surface area (Å²) in [5, 5.41) is 10.1. The summed E-state index contributed by atoms with van der Waals surface area (Å²) in [5.41, 5.74) is 5.99. The Bertz CT molecular complexity index is 1110. The molecule has 0 radical (unpaired) electrons. The molecule has 0 saturated heterocycles. The van der Waals surface area contributed by atoms with Crippen molar-refractivity contribution < 1.29 is 4.42 Å². The summed E-state index contributed by atoms with van der Waals surface area (Å²) in [7, 11) is 0. The van der Waals surface area contributed by atoms with E-state index in [9.17, 15) is 0 Å². The van der Waals surface area contributed by atoms with Crippen LogP contribution in [-0.2, 0) is 0 Å². The first kappa shape index (κ1) is 15.9. The standard InChI is InChI=1S/C24H17NO/c1-17-14-19(16-25)9-11-20(17)10-6-18-7-12-21(13-8-18)24-15-22-4-2-3-5-23(22)26-24/h2-15H,1H3/b10-6+. The van der Waals surface area contributed by atoms with Crippen LogP contribution in [0, 0.1) is 18.3 Å². The Balaban J connectivity index is 1.57. The maximum atomic E-state index is 8.95. The van der Waals surface area contributed by atoms with Crippen molar-refractivity contribution in [3.63, 3.8) is 0 Å². The number of para-hydroxylation sites is 1. The number of aryl methyl sites for hydroxylation is 1. The van der Waals surface area contributed by atoms with Crippen molar-refractivity contribution in [3.8, 4) is 17.4 Å². The minimum absolute atomic E-state index is 0.690. The van der Waals surface area contributed by atoms with Gasteiger partial charge in [0.05, 0.1) is 11.6 Å². The lowest BCUT2D eigenvalue weighted by molar-refractivity contribution is 0.631. The molecule has 26 heavy (non-hydrogen) atoms. The van der Waals surface area contributed by atoms with Gasteiger partial charge in [0.1, 0.15) is 11.3 Å². The summed E-state index contributed by atoms with van der Waals surface area (Å²) in [6.45, 7) is 2.02. The number of furan rings is 1. The van der Waals surface area contributed by atoms with Crippen molar-refractivity contribution in [1.82, 2.24) is 0 Å². The van der Waals surface area contributed by atoms with Crippen LogP contribution in [-0.4, -0.2) is 0 Å². The highest BCUT2D eigenvalue weighted by Gasteiger charge is 2.05. The quantitative estimate of drug-likeness (QED) is 0.403. The molecule has 0 aliphatic carbocycles. The van der Waals surface area contributed by atoms with Crippen LogP contribution in [0.25, 0.3) is 34.4 Å². The fourth-order valence-corrected chi connectivity index (χ4v) is 3.00. The van der Waals surface area contributed by atoms with Gasteiger partial charge < -0.3 is 4.42 Å². The molecule has 0 bridgehead atoms. The molecule has 0 spiro atoms. The van der Waals surface area contributed by atoms with E-state index >= 15 is 0 Å². The van der Waals surface area contributed by atoms with Crippen LogP contribution < -0.4 is 0 Å². The number of rotatable bonds is 3. The van der Waals surface area contributed by atoms with Crippen LogP contribution >= 0.6 is 0 Å². The van der Waals surface area contributed by atoms with Gasteiger partial charge in [-0.1, -0.05) is 60.7 Å². The lowest BCUT2D eigenvalue weighted by Crippen LogP contribution is -1.83. The van der Waals surface area contributed by atoms with Gasteiger partial charge in [-0.05, 0) is 47.9 Å². The van der Waals surface area contributed by atoms with Crippen LogP contribution in [0.1, 0.15) is 22.3 Å². The Kier molecular flexibility index (Phi) is 4.13. The number of nitriles is 1. The van der Waals surface area contributed by atoms with Crippen LogP contribution in [0.5, 0.6) is 0 Å². The fourth-order valence-electron chi connectivity index (χ4n) is 3.00. The second-order valence-corrected chi connectivity index (χ2v) is 6.29. The molecule has 2 nitrogen and oxygen atoms in total. The van der Waals surface area contributed by atoms with E-state index in [1.54, 1.807) is 0 Å². The Hall–Kier alpha value is -3.57. The average Bonchev–Trinajstić information content (AvgIpc) is 3.11. The van der Waals surface area contributed by atoms with E-state index in [0.717, 1.165) is 39.0 Å². The van der Waals surface area contributed by atoms with E-state index in [2.05, 4.69) is 54.6 Å². The lowest BCUT2D eigenvalue weighted by Gasteiger charge is -2.01. The van der Waals surface area contributed by atoms with Gasteiger partial charge in [0.15, 0.2) is 0 Å². The number of fused-ring (bicyclic) bond motifs is 1. The predicted octanol–water partition coefficient (Wildman–Crippen LogP) is 6.45. The van der Waals surface area contributed by atoms with Gasteiger partial charge >= 0.3 is 0 Å². The highest BCUT2D eigenvalue weighted by atomic mass is 16.3. The molecular formula is C24H17NO. The number of hydrogen-bond donors (Lipinski definition) is 0. The molecule has 1 heterocycles. The average molecular weight is 335 g/mol. The van der Waals surface area contributed by atoms with E-state index in [1.165, 1.54) is 0 Å². The molecule has 0 unspecified atom stereocenters. The molecule has 0 atom stereocenters. The minimum Gasteiger partial charge on any atom is -0.456 e. The van der Waals surface area contributed by atoms with Gasteiger partial charge in [0, 0.05) is 10.9 Å². The monoisotopic (exact) mass is 335 g/mol. The fraction of sp³-hybridized carbons (Fsp3) is 0.0417. The molecule has 0 N–H and O–H groups in total. The Morgan fingerprint density at radius 3 is 2.42 bits per heavy atom. The molecule has 4 rings (SSSR count). The molecule has 124 valence electrons. The van der Waals surface area contributed by atoms with Gasteiger partial charge in [0.25, 0.3) is 0 Å². The highest BCUT2D eigenvalue weighted by Crippen LogP contribution is 2.28. The van der Waals surface area contributed by atoms with Gasteiger partial charge in [-0.3, -0.25) is 0 Å². The SMILES string of the molecule is Cc1cc(C#N)ccc1/C=C/c1ccc(-c2cc3ccccc3o2)cc1. The molecule has 0 saturated carbocycles. The molecule has 0 fully saturated rings. The normalized spacial score (nSPS) is 11.1. The van der Waals surface area contributed by atoms with E-state index in [-0.39, 0.29) is 0 Å². The largest absolute Gasteiger partial charge is 0.456 e. The smallest absolute Gasteiger partial charge is 0.135 e. The van der Waals surface area contributed by atoms with Gasteiger partial charge in [-0.2, -0.15) is 5.26 Å². The number of nitrogens with zero attached hydrogens (tertiary/aromatic N) is 1. The third-order valence-electron chi connectivity index (χ3n) is 4.47. The third kappa shape index (κ3) is 3.16. The van der Waals surface area contributed by atoms with Crippen LogP contribution in [0.4, 0.5) is 0 Å². The Morgan fingerprint density at radius 1 is 0.885 bits per heavy atom. The summed E-state index contributed by atoms with van der Waals surface area (Å²) in [6, 6.07) is 26.3. The van der Waals surface area contributed by atoms with Crippen molar-refractivity contribution in [3.05, 3.63) is 95.1 Å². The maximum absolute atomic E-state index is 8.95. The van der Waals surface area contributed by atoms with E-state index in [1.807, 2.05) is 43.3 Å². The van der Waals surface area contributed by atoms with Crippen molar-refractivity contribution in [2.45, 2.75) is 6.92 Å². The minimum atomic E-state index is 0.690. The predicted molar refractivity (Wildman–Crippen MR) is 106 cm³/mol. The first-order valence-electron chi connectivity index (χ1n) is 8.51. The molecular weight excluding hydrogens is 318 g/mol. The number of benzene rings is 3. The number of hydrogen-bond acceptors (Lipinski definition) is 2. The van der Waals surface area contributed by atoms with E-state index in [0.29, 0.717) is 5.56 Å². The first-order chi connectivity index (χ1) is 12.7. The summed E-state index contributed by atoms with van der Waals surface area (Å²) < 4.78 is 5.92. The van der Waals surface area contributed by atoms with Crippen molar-refractivity contribution in [2.24, 2.45) is 0 Å². The molecule has 4 aromatic rings. The van der Waals surface area contributed by atoms with Crippen molar-refractivity contribution in [1.29, 1.82) is 5.26 Å². The molecule has 2 heteroatoms. The molecule has 0 aliphatic heterocycles. The van der Waals surface area contributed by atoms with Crippen molar-refractivity contribution in [2.75, 3.05) is 0 Å². The highest BCUT2D eigenvalue weighted by molar-refractivity contribution is 5.83. The Labute approximate surface area is 152 Å². The molecule has 1 aromatic heterocycles. The topological polar surface area (TPSA) is 36.9 Å². The molecule has 0 amide bonds. The van der Waals surface area contributed by atoms with Crippen LogP contribution in [0.2, 0.25) is 0 Å². The van der Waals surface area contributed by atoms with Crippen molar-refractivity contribution >= 4 is 23.1 Å². The zero-order valence-electron chi connectivity index (χ0n) is 14.4. The first-order valence-corrected chi connectivity index (χ1v) is 8.51. The van der Waals surface area contributed by atoms with E-state index in [4.69, 9.17) is 9.68 Å². The molecule has 3 aromatic carbocycles. The molecule has 0 aliphatic rings. The summed E-state index contributed by atoms with van der Waals surface area (Å²) >= 11 is 0.